The van der Waals surface area contributed by atoms with Crippen LogP contribution in [0.4, 0.5) is 5.69 Å². The molecule has 0 unspecified atom stereocenters. The first kappa shape index (κ1) is 25.2. The third-order valence-corrected chi connectivity index (χ3v) is 4.57. The van der Waals surface area contributed by atoms with E-state index in [9.17, 15) is 0 Å². The molecule has 0 saturated heterocycles. The van der Waals surface area contributed by atoms with Gasteiger partial charge < -0.3 is 24.4 Å². The molecule has 8 nitrogen and oxygen atoms in total. The number of aliphatic imine (C=N–C) groups is 1. The number of nitrogens with zero attached hydrogens (tertiary/aromatic N) is 6. The second-order valence-corrected chi connectivity index (χ2v) is 7.06. The van der Waals surface area contributed by atoms with E-state index >= 15 is 0 Å². The zero-order chi connectivity index (χ0) is 20.5. The van der Waals surface area contributed by atoms with Crippen LogP contribution >= 0.6 is 24.0 Å². The van der Waals surface area contributed by atoms with E-state index in [4.69, 9.17) is 9.73 Å². The number of aryl methyl sites for hydroxylation is 1. The van der Waals surface area contributed by atoms with Gasteiger partial charge in [0.05, 0.1) is 0 Å². The number of guanidine groups is 1. The first-order chi connectivity index (χ1) is 13.4. The lowest BCUT2D eigenvalue weighted by molar-refractivity contribution is 0.195. The Bertz CT molecular complexity index is 776. The van der Waals surface area contributed by atoms with Crippen LogP contribution in [0.25, 0.3) is 0 Å². The van der Waals surface area contributed by atoms with Crippen LogP contribution in [0.3, 0.4) is 0 Å². The SMILES string of the molecule is COCCCNC(=NCc1nnc(C)n1C)N(C)Cc1cccc(N(C)C)c1.I. The van der Waals surface area contributed by atoms with Crippen molar-refractivity contribution in [2.24, 2.45) is 12.0 Å². The molecule has 2 rings (SSSR count). The maximum atomic E-state index is 5.14. The number of hydrogen-bond acceptors (Lipinski definition) is 5. The van der Waals surface area contributed by atoms with Crippen LogP contribution in [0.15, 0.2) is 29.3 Å². The Morgan fingerprint density at radius 1 is 1.24 bits per heavy atom. The lowest BCUT2D eigenvalue weighted by atomic mass is 10.2. The van der Waals surface area contributed by atoms with Gasteiger partial charge in [-0.25, -0.2) is 4.99 Å². The van der Waals surface area contributed by atoms with Gasteiger partial charge in [-0.2, -0.15) is 0 Å². The molecule has 0 aliphatic carbocycles. The number of ether oxygens (including phenoxy) is 1. The molecule has 0 spiro atoms. The molecule has 1 aromatic carbocycles. The summed E-state index contributed by atoms with van der Waals surface area (Å²) in [6, 6.07) is 8.53. The van der Waals surface area contributed by atoms with E-state index in [1.807, 2.05) is 25.6 Å². The summed E-state index contributed by atoms with van der Waals surface area (Å²) in [5, 5.41) is 11.7. The van der Waals surface area contributed by atoms with Crippen LogP contribution < -0.4 is 10.2 Å². The van der Waals surface area contributed by atoms with Crippen molar-refractivity contribution < 1.29 is 4.74 Å². The van der Waals surface area contributed by atoms with Crippen molar-refractivity contribution in [1.29, 1.82) is 0 Å². The largest absolute Gasteiger partial charge is 0.385 e. The molecule has 1 aromatic heterocycles. The van der Waals surface area contributed by atoms with Gasteiger partial charge in [-0.05, 0) is 31.0 Å². The Morgan fingerprint density at radius 2 is 2.00 bits per heavy atom. The van der Waals surface area contributed by atoms with Crippen LogP contribution in [0, 0.1) is 6.92 Å². The van der Waals surface area contributed by atoms with Crippen molar-refractivity contribution >= 4 is 35.6 Å². The maximum absolute atomic E-state index is 5.14. The molecule has 0 bridgehead atoms. The molecular weight excluding hydrogens is 481 g/mol. The fraction of sp³-hybridized carbons (Fsp3) is 0.550. The number of methoxy groups -OCH3 is 1. The molecule has 0 aliphatic rings. The van der Waals surface area contributed by atoms with Crippen molar-refractivity contribution in [3.63, 3.8) is 0 Å². The summed E-state index contributed by atoms with van der Waals surface area (Å²) in [6.45, 7) is 4.69. The molecule has 1 N–H and O–H groups in total. The monoisotopic (exact) mass is 515 g/mol. The van der Waals surface area contributed by atoms with Gasteiger partial charge in [0.1, 0.15) is 12.4 Å². The highest BCUT2D eigenvalue weighted by Crippen LogP contribution is 2.14. The summed E-state index contributed by atoms with van der Waals surface area (Å²) in [7, 11) is 9.83. The molecule has 9 heteroatoms. The lowest BCUT2D eigenvalue weighted by Crippen LogP contribution is -2.39. The number of anilines is 1. The quantitative estimate of drug-likeness (QED) is 0.240. The molecule has 0 saturated carbocycles. The van der Waals surface area contributed by atoms with E-state index in [0.717, 1.165) is 43.7 Å². The Hall–Kier alpha value is -1.88. The van der Waals surface area contributed by atoms with Gasteiger partial charge in [-0.15, -0.1) is 34.2 Å². The van der Waals surface area contributed by atoms with Crippen LogP contribution in [0.2, 0.25) is 0 Å². The minimum Gasteiger partial charge on any atom is -0.385 e. The van der Waals surface area contributed by atoms with Gasteiger partial charge in [0, 0.05) is 60.7 Å². The Balaban J connectivity index is 0.00000420. The van der Waals surface area contributed by atoms with Gasteiger partial charge in [0.15, 0.2) is 11.8 Å². The van der Waals surface area contributed by atoms with Crippen molar-refractivity contribution in [2.75, 3.05) is 46.3 Å². The number of benzene rings is 1. The van der Waals surface area contributed by atoms with Crippen molar-refractivity contribution in [3.05, 3.63) is 41.5 Å². The van der Waals surface area contributed by atoms with Crippen molar-refractivity contribution in [3.8, 4) is 0 Å². The molecule has 0 fully saturated rings. The lowest BCUT2D eigenvalue weighted by Gasteiger charge is -2.23. The Morgan fingerprint density at radius 3 is 2.62 bits per heavy atom. The predicted octanol–water partition coefficient (Wildman–Crippen LogP) is 2.42. The molecule has 0 radical (unpaired) electrons. The second kappa shape index (κ2) is 12.6. The summed E-state index contributed by atoms with van der Waals surface area (Å²) in [6.07, 6.45) is 0.919. The zero-order valence-corrected chi connectivity index (χ0v) is 20.7. The number of rotatable bonds is 9. The maximum Gasteiger partial charge on any atom is 0.194 e. The van der Waals surface area contributed by atoms with E-state index in [1.54, 1.807) is 7.11 Å². The van der Waals surface area contributed by atoms with E-state index < -0.39 is 0 Å². The first-order valence-electron chi connectivity index (χ1n) is 9.52. The van der Waals surface area contributed by atoms with Gasteiger partial charge >= 0.3 is 0 Å². The molecular formula is C20H34IN7O. The number of aromatic nitrogens is 3. The standard InChI is InChI=1S/C20H33N7O.HI/c1-16-23-24-19(27(16)5)14-22-20(21-11-8-12-28-6)26(4)15-17-9-7-10-18(13-17)25(2)3;/h7,9-10,13H,8,11-12,14-15H2,1-6H3,(H,21,22);1H. The summed E-state index contributed by atoms with van der Waals surface area (Å²) >= 11 is 0. The second-order valence-electron chi connectivity index (χ2n) is 7.06. The first-order valence-corrected chi connectivity index (χ1v) is 9.52. The minimum atomic E-state index is 0. The minimum absolute atomic E-state index is 0. The third-order valence-electron chi connectivity index (χ3n) is 4.57. The summed E-state index contributed by atoms with van der Waals surface area (Å²) in [5.74, 6) is 2.57. The molecule has 2 aromatic rings. The molecule has 0 aliphatic heterocycles. The average Bonchev–Trinajstić information content (AvgIpc) is 2.99. The third kappa shape index (κ3) is 7.81. The van der Waals surface area contributed by atoms with Crippen LogP contribution in [0.5, 0.6) is 0 Å². The topological polar surface area (TPSA) is 70.8 Å². The molecule has 162 valence electrons. The zero-order valence-electron chi connectivity index (χ0n) is 18.3. The van der Waals surface area contributed by atoms with Crippen molar-refractivity contribution in [2.45, 2.75) is 26.4 Å². The average molecular weight is 515 g/mol. The smallest absolute Gasteiger partial charge is 0.194 e. The predicted molar refractivity (Wildman–Crippen MR) is 129 cm³/mol. The Kier molecular flexibility index (Phi) is 11.0. The molecule has 0 amide bonds. The van der Waals surface area contributed by atoms with Gasteiger partial charge in [-0.1, -0.05) is 12.1 Å². The number of hydrogen-bond donors (Lipinski definition) is 1. The van der Waals surface area contributed by atoms with Gasteiger partial charge in [0.2, 0.25) is 0 Å². The number of halogens is 1. The van der Waals surface area contributed by atoms with Crippen LogP contribution in [0.1, 0.15) is 23.6 Å². The van der Waals surface area contributed by atoms with E-state index in [0.29, 0.717) is 6.54 Å². The fourth-order valence-corrected chi connectivity index (χ4v) is 2.74. The molecule has 0 atom stereocenters. The van der Waals surface area contributed by atoms with E-state index in [-0.39, 0.29) is 24.0 Å². The molecule has 29 heavy (non-hydrogen) atoms. The summed E-state index contributed by atoms with van der Waals surface area (Å²) in [4.78, 5) is 9.02. The van der Waals surface area contributed by atoms with E-state index in [1.165, 1.54) is 11.3 Å². The highest BCUT2D eigenvalue weighted by molar-refractivity contribution is 14.0. The normalized spacial score (nSPS) is 11.2. The van der Waals surface area contributed by atoms with Crippen LogP contribution in [-0.2, 0) is 24.9 Å². The fourth-order valence-electron chi connectivity index (χ4n) is 2.74. The summed E-state index contributed by atoms with van der Waals surface area (Å²) in [5.41, 5.74) is 2.42. The van der Waals surface area contributed by atoms with Gasteiger partial charge in [-0.3, -0.25) is 0 Å². The highest BCUT2D eigenvalue weighted by atomic mass is 127. The van der Waals surface area contributed by atoms with Gasteiger partial charge in [0.25, 0.3) is 0 Å². The summed E-state index contributed by atoms with van der Waals surface area (Å²) < 4.78 is 7.11. The van der Waals surface area contributed by atoms with Crippen LogP contribution in [-0.4, -0.2) is 67.0 Å². The number of nitrogens with one attached hydrogen (secondary N) is 1. The van der Waals surface area contributed by atoms with E-state index in [2.05, 4.69) is 63.7 Å². The van der Waals surface area contributed by atoms with Crippen molar-refractivity contribution in [1.82, 2.24) is 25.0 Å². The Labute approximate surface area is 191 Å². The molecule has 1 heterocycles. The highest BCUT2D eigenvalue weighted by Gasteiger charge is 2.10.